The molecule has 18 N–H and O–H groups in total. The molecule has 264 valence electrons. The lowest BCUT2D eigenvalue weighted by molar-refractivity contribution is -0.358. The van der Waals surface area contributed by atoms with Crippen LogP contribution in [0.5, 0.6) is 0 Å². The van der Waals surface area contributed by atoms with Crippen molar-refractivity contribution in [2.24, 2.45) is 22.9 Å². The summed E-state index contributed by atoms with van der Waals surface area (Å²) in [6, 6.07) is -5.48. The Labute approximate surface area is 256 Å². The van der Waals surface area contributed by atoms with E-state index in [9.17, 15) is 51.1 Å². The zero-order valence-electron chi connectivity index (χ0n) is 24.0. The van der Waals surface area contributed by atoms with Gasteiger partial charge in [-0.05, 0) is 0 Å². The third-order valence-electron chi connectivity index (χ3n) is 8.52. The largest absolute Gasteiger partial charge is 0.394 e. The van der Waals surface area contributed by atoms with E-state index < -0.39 is 149 Å². The average molecular weight is 663 g/mol. The highest BCUT2D eigenvalue weighted by Crippen LogP contribution is 2.33. The molecule has 21 heteroatoms. The van der Waals surface area contributed by atoms with Crippen LogP contribution < -0.4 is 22.9 Å². The van der Waals surface area contributed by atoms with Gasteiger partial charge in [0, 0.05) is 0 Å². The van der Waals surface area contributed by atoms with Gasteiger partial charge in [-0.25, -0.2) is 0 Å². The summed E-state index contributed by atoms with van der Waals surface area (Å²) in [4.78, 5) is 0. The summed E-state index contributed by atoms with van der Waals surface area (Å²) in [5.74, 6) is 0. The second kappa shape index (κ2) is 15.6. The minimum Gasteiger partial charge on any atom is -0.394 e. The highest BCUT2D eigenvalue weighted by atomic mass is 16.8. The maximum atomic E-state index is 11.1. The minimum absolute atomic E-state index is 0.688. The van der Waals surface area contributed by atoms with Gasteiger partial charge in [-0.2, -0.15) is 0 Å². The van der Waals surface area contributed by atoms with Crippen LogP contribution in [0.15, 0.2) is 0 Å². The van der Waals surface area contributed by atoms with Gasteiger partial charge in [-0.15, -0.1) is 0 Å². The number of rotatable bonds is 10. The summed E-state index contributed by atoms with van der Waals surface area (Å²) in [7, 11) is 0. The lowest BCUT2D eigenvalue weighted by Gasteiger charge is -2.49. The molecule has 0 aliphatic carbocycles. The highest BCUT2D eigenvalue weighted by Gasteiger charge is 2.54. The van der Waals surface area contributed by atoms with E-state index in [-0.39, 0.29) is 0 Å². The van der Waals surface area contributed by atoms with Gasteiger partial charge in [-0.1, -0.05) is 0 Å². The summed E-state index contributed by atoms with van der Waals surface area (Å²) < 4.78 is 39.2. The molecule has 21 nitrogen and oxygen atoms in total. The second-order valence-corrected chi connectivity index (χ2v) is 11.5. The molecule has 0 radical (unpaired) electrons. The Kier molecular flexibility index (Phi) is 12.8. The summed E-state index contributed by atoms with van der Waals surface area (Å²) in [6.07, 6.45) is -23.5. The van der Waals surface area contributed by atoms with Crippen LogP contribution in [0, 0.1) is 0 Å². The van der Waals surface area contributed by atoms with Crippen LogP contribution in [0.1, 0.15) is 0 Å². The molecule has 4 aliphatic rings. The topological polar surface area (TPSA) is 371 Å². The van der Waals surface area contributed by atoms with Crippen LogP contribution in [0.2, 0.25) is 0 Å². The number of hydrogen-bond acceptors (Lipinski definition) is 21. The van der Waals surface area contributed by atoms with Gasteiger partial charge in [-0.3, -0.25) is 0 Å². The minimum atomic E-state index is -1.65. The van der Waals surface area contributed by atoms with Gasteiger partial charge in [0.2, 0.25) is 0 Å². The van der Waals surface area contributed by atoms with Crippen molar-refractivity contribution in [1.29, 1.82) is 0 Å². The molecule has 0 saturated carbocycles. The van der Waals surface area contributed by atoms with Crippen LogP contribution >= 0.6 is 0 Å². The molecule has 4 aliphatic heterocycles. The van der Waals surface area contributed by atoms with Crippen molar-refractivity contribution in [3.05, 3.63) is 0 Å². The number of hydrogen-bond donors (Lipinski definition) is 14. The Hall–Kier alpha value is -0.840. The van der Waals surface area contributed by atoms with Crippen molar-refractivity contribution >= 4 is 0 Å². The normalized spacial score (nSPS) is 52.9. The third kappa shape index (κ3) is 7.44. The van der Waals surface area contributed by atoms with Gasteiger partial charge in [0.15, 0.2) is 25.2 Å². The van der Waals surface area contributed by atoms with Gasteiger partial charge in [0.1, 0.15) is 73.2 Å². The lowest BCUT2D eigenvalue weighted by atomic mass is 9.94. The average Bonchev–Trinajstić information content (AvgIpc) is 3.03. The first-order valence-corrected chi connectivity index (χ1v) is 14.4. The monoisotopic (exact) mass is 662 g/mol. The van der Waals surface area contributed by atoms with Crippen molar-refractivity contribution < 1.29 is 84.2 Å². The quantitative estimate of drug-likeness (QED) is 0.103. The summed E-state index contributed by atoms with van der Waals surface area (Å²) in [5.41, 5.74) is 24.0. The van der Waals surface area contributed by atoms with E-state index in [2.05, 4.69) is 0 Å². The second-order valence-electron chi connectivity index (χ2n) is 11.5. The first-order valence-electron chi connectivity index (χ1n) is 14.4. The van der Waals surface area contributed by atoms with Crippen molar-refractivity contribution in [3.8, 4) is 0 Å². The molecule has 4 saturated heterocycles. The molecular formula is C24H46N4O17. The molecule has 4 rings (SSSR count). The Morgan fingerprint density at radius 3 is 1.09 bits per heavy atom. The van der Waals surface area contributed by atoms with Crippen LogP contribution in [0.3, 0.4) is 0 Å². The van der Waals surface area contributed by atoms with Gasteiger partial charge < -0.3 is 107 Å². The standard InChI is InChI=1S/C24H46N4O17/c25-9-15(35)18(6(2-30)39-21(9)38)43-23-11(27)17(37)20(8(4-32)41-23)45-24-12(28)16(36)19(7(3-31)42-24)44-22-10(26)14(34)13(33)5(1-29)40-22/h5-24,29-38H,1-4,25-28H2/t5?,6?,7?,8?,9-,10+,11+,12-,13?,14-,15?,16?,17-,18+,19+,20?,21+,22?,23?,24-/m1/s1. The van der Waals surface area contributed by atoms with E-state index in [1.165, 1.54) is 0 Å². The van der Waals surface area contributed by atoms with E-state index in [0.29, 0.717) is 0 Å². The molecule has 0 aromatic heterocycles. The van der Waals surface area contributed by atoms with Crippen LogP contribution in [-0.4, -0.2) is 200 Å². The van der Waals surface area contributed by atoms with E-state index in [0.717, 1.165) is 0 Å². The van der Waals surface area contributed by atoms with Crippen molar-refractivity contribution in [2.75, 3.05) is 26.4 Å². The molecule has 10 unspecified atom stereocenters. The Balaban J connectivity index is 1.43. The number of nitrogens with two attached hydrogens (primary N) is 4. The molecule has 0 bridgehead atoms. The summed E-state index contributed by atoms with van der Waals surface area (Å²) in [6.45, 7) is -2.91. The summed E-state index contributed by atoms with van der Waals surface area (Å²) >= 11 is 0. The summed E-state index contributed by atoms with van der Waals surface area (Å²) in [5, 5.41) is 102. The maximum Gasteiger partial charge on any atom is 0.176 e. The Morgan fingerprint density at radius 2 is 0.711 bits per heavy atom. The van der Waals surface area contributed by atoms with Crippen molar-refractivity contribution in [1.82, 2.24) is 0 Å². The number of aliphatic hydroxyl groups is 10. The molecular weight excluding hydrogens is 616 g/mol. The third-order valence-corrected chi connectivity index (χ3v) is 8.52. The fourth-order valence-electron chi connectivity index (χ4n) is 5.72. The molecule has 45 heavy (non-hydrogen) atoms. The fourth-order valence-corrected chi connectivity index (χ4v) is 5.72. The smallest absolute Gasteiger partial charge is 0.176 e. The Bertz CT molecular complexity index is 925. The zero-order chi connectivity index (χ0) is 33.3. The molecule has 0 spiro atoms. The predicted octanol–water partition coefficient (Wildman–Crippen LogP) is -9.88. The molecule has 20 atom stereocenters. The zero-order valence-corrected chi connectivity index (χ0v) is 24.0. The molecule has 0 aromatic rings. The van der Waals surface area contributed by atoms with Crippen LogP contribution in [0.25, 0.3) is 0 Å². The molecule has 0 aromatic carbocycles. The van der Waals surface area contributed by atoms with Crippen molar-refractivity contribution in [3.63, 3.8) is 0 Å². The van der Waals surface area contributed by atoms with Crippen LogP contribution in [0.4, 0.5) is 0 Å². The number of aliphatic hydroxyl groups excluding tert-OH is 10. The first kappa shape index (κ1) is 37.0. The molecule has 4 fully saturated rings. The lowest BCUT2D eigenvalue weighted by Crippen LogP contribution is -2.70. The van der Waals surface area contributed by atoms with Gasteiger partial charge in [0.25, 0.3) is 0 Å². The molecule has 0 amide bonds. The van der Waals surface area contributed by atoms with Crippen LogP contribution in [-0.2, 0) is 33.2 Å². The number of ether oxygens (including phenoxy) is 7. The first-order chi connectivity index (χ1) is 21.3. The molecule has 4 heterocycles. The SMILES string of the molecule is N[C@@H]1C(O)[C@@H](OC2OC(CO)C(O)[C@H](O)[C@@H]2N)C(CO)O[C@@H]1OC1C(CO)OC(O[C@H]2C(CO)O[C@H](O)[C@H](N)C2O)[C@@H](N)[C@H]1O. The highest BCUT2D eigenvalue weighted by molar-refractivity contribution is 5.00. The Morgan fingerprint density at radius 1 is 0.400 bits per heavy atom. The van der Waals surface area contributed by atoms with Crippen molar-refractivity contribution in [2.45, 2.75) is 123 Å². The van der Waals surface area contributed by atoms with E-state index in [1.54, 1.807) is 0 Å². The van der Waals surface area contributed by atoms with Gasteiger partial charge in [0.05, 0.1) is 50.6 Å². The van der Waals surface area contributed by atoms with E-state index in [4.69, 9.17) is 56.1 Å². The van der Waals surface area contributed by atoms with E-state index in [1.807, 2.05) is 0 Å². The van der Waals surface area contributed by atoms with Gasteiger partial charge >= 0.3 is 0 Å². The van der Waals surface area contributed by atoms with E-state index >= 15 is 0 Å². The predicted molar refractivity (Wildman–Crippen MR) is 142 cm³/mol. The maximum absolute atomic E-state index is 11.1. The fraction of sp³-hybridized carbons (Fsp3) is 1.00.